The van der Waals surface area contributed by atoms with Gasteiger partial charge in [-0.25, -0.2) is 0 Å². The second-order valence-corrected chi connectivity index (χ2v) is 4.94. The molecule has 0 aliphatic carbocycles. The van der Waals surface area contributed by atoms with Crippen LogP contribution < -0.4 is 21.7 Å². The van der Waals surface area contributed by atoms with Gasteiger partial charge >= 0.3 is 0 Å². The number of hydrogen-bond acceptors (Lipinski definition) is 3. The van der Waals surface area contributed by atoms with Crippen molar-refractivity contribution >= 4 is 17.1 Å². The van der Waals surface area contributed by atoms with E-state index in [1.165, 1.54) is 25.9 Å². The van der Waals surface area contributed by atoms with Gasteiger partial charge in [-0.05, 0) is 24.6 Å². The molecule has 0 bridgehead atoms. The minimum absolute atomic E-state index is 0.710. The fraction of sp³-hybridized carbons (Fsp3) is 0.571. The van der Waals surface area contributed by atoms with Crippen LogP contribution in [-0.2, 0) is 0 Å². The van der Waals surface area contributed by atoms with E-state index in [9.17, 15) is 0 Å². The molecule has 102 valence electrons. The Labute approximate surface area is 110 Å². The number of benzene rings is 1. The Kier molecular flexibility index (Phi) is 6.36. The number of anilines is 3. The smallest absolute Gasteiger partial charge is 0.0785 e. The van der Waals surface area contributed by atoms with Crippen LogP contribution in [0.2, 0.25) is 0 Å². The molecule has 6 N–H and O–H groups in total. The Bertz CT molecular complexity index is 352. The van der Waals surface area contributed by atoms with Crippen LogP contribution >= 0.6 is 0 Å². The lowest BCUT2D eigenvalue weighted by Crippen LogP contribution is -3.09. The molecule has 4 heteroatoms. The zero-order chi connectivity index (χ0) is 13.4. The summed E-state index contributed by atoms with van der Waals surface area (Å²) in [6.45, 7) is 5.65. The standard InChI is InChI=1S/C14H26N4/c1-3-4-9-18(2)10-5-8-17-14-7-6-12(15)11-13(14)16/h6-7,11,17H,3-5,8-10,15-16H2,1-2H3/p+1. The van der Waals surface area contributed by atoms with E-state index in [2.05, 4.69) is 19.3 Å². The Balaban J connectivity index is 2.21. The fourth-order valence-corrected chi connectivity index (χ4v) is 1.96. The lowest BCUT2D eigenvalue weighted by molar-refractivity contribution is -0.879. The van der Waals surface area contributed by atoms with Crippen LogP contribution in [0.5, 0.6) is 0 Å². The molecule has 0 aromatic heterocycles. The molecule has 0 aliphatic heterocycles. The Morgan fingerprint density at radius 1 is 1.17 bits per heavy atom. The first-order chi connectivity index (χ1) is 8.63. The van der Waals surface area contributed by atoms with Gasteiger partial charge in [0.25, 0.3) is 0 Å². The Morgan fingerprint density at radius 3 is 2.56 bits per heavy atom. The van der Waals surface area contributed by atoms with E-state index in [0.29, 0.717) is 5.69 Å². The molecule has 1 unspecified atom stereocenters. The average molecular weight is 251 g/mol. The van der Waals surface area contributed by atoms with E-state index in [4.69, 9.17) is 11.5 Å². The van der Waals surface area contributed by atoms with E-state index in [1.54, 1.807) is 11.0 Å². The number of nitrogens with one attached hydrogen (secondary N) is 2. The molecule has 4 nitrogen and oxygen atoms in total. The average Bonchev–Trinajstić information content (AvgIpc) is 2.34. The monoisotopic (exact) mass is 251 g/mol. The van der Waals surface area contributed by atoms with Crippen molar-refractivity contribution in [3.05, 3.63) is 18.2 Å². The van der Waals surface area contributed by atoms with Crippen molar-refractivity contribution in [1.29, 1.82) is 0 Å². The number of nitrogens with two attached hydrogens (primary N) is 2. The van der Waals surface area contributed by atoms with Gasteiger partial charge in [0.05, 0.1) is 31.5 Å². The van der Waals surface area contributed by atoms with Crippen LogP contribution in [0.4, 0.5) is 17.1 Å². The summed E-state index contributed by atoms with van der Waals surface area (Å²) in [7, 11) is 2.26. The molecule has 1 aromatic carbocycles. The van der Waals surface area contributed by atoms with Crippen molar-refractivity contribution in [2.45, 2.75) is 26.2 Å². The molecule has 1 aromatic rings. The molecule has 0 radical (unpaired) electrons. The molecule has 18 heavy (non-hydrogen) atoms. The van der Waals surface area contributed by atoms with Gasteiger partial charge in [0.1, 0.15) is 0 Å². The van der Waals surface area contributed by atoms with E-state index in [-0.39, 0.29) is 0 Å². The van der Waals surface area contributed by atoms with Crippen LogP contribution in [0.1, 0.15) is 26.2 Å². The molecule has 0 fully saturated rings. The van der Waals surface area contributed by atoms with Crippen LogP contribution in [0, 0.1) is 0 Å². The normalized spacial score (nSPS) is 12.3. The molecule has 0 amide bonds. The van der Waals surface area contributed by atoms with Gasteiger partial charge in [0.2, 0.25) is 0 Å². The lowest BCUT2D eigenvalue weighted by atomic mass is 10.2. The van der Waals surface area contributed by atoms with Crippen LogP contribution in [0.3, 0.4) is 0 Å². The second kappa shape index (κ2) is 7.82. The predicted molar refractivity (Wildman–Crippen MR) is 79.9 cm³/mol. The lowest BCUT2D eigenvalue weighted by Gasteiger charge is -2.14. The van der Waals surface area contributed by atoms with Gasteiger partial charge in [-0.2, -0.15) is 0 Å². The summed E-state index contributed by atoms with van der Waals surface area (Å²) >= 11 is 0. The van der Waals surface area contributed by atoms with E-state index in [0.717, 1.165) is 24.3 Å². The van der Waals surface area contributed by atoms with Crippen molar-refractivity contribution in [1.82, 2.24) is 0 Å². The summed E-state index contributed by atoms with van der Waals surface area (Å²) in [5.74, 6) is 0. The third-order valence-corrected chi connectivity index (χ3v) is 3.13. The van der Waals surface area contributed by atoms with Crippen molar-refractivity contribution in [2.24, 2.45) is 0 Å². The van der Waals surface area contributed by atoms with Crippen LogP contribution in [0.15, 0.2) is 18.2 Å². The number of rotatable bonds is 8. The minimum Gasteiger partial charge on any atom is -0.399 e. The van der Waals surface area contributed by atoms with Crippen molar-refractivity contribution in [3.63, 3.8) is 0 Å². The van der Waals surface area contributed by atoms with Crippen molar-refractivity contribution < 1.29 is 4.90 Å². The topological polar surface area (TPSA) is 68.5 Å². The summed E-state index contributed by atoms with van der Waals surface area (Å²) in [5, 5.41) is 3.36. The fourth-order valence-electron chi connectivity index (χ4n) is 1.96. The Hall–Kier alpha value is -1.42. The number of quaternary nitrogens is 1. The molecule has 0 aliphatic rings. The molecule has 0 saturated carbocycles. The highest BCUT2D eigenvalue weighted by Gasteiger charge is 2.02. The highest BCUT2D eigenvalue weighted by Crippen LogP contribution is 2.20. The maximum atomic E-state index is 5.88. The van der Waals surface area contributed by atoms with Gasteiger partial charge in [-0.1, -0.05) is 13.3 Å². The van der Waals surface area contributed by atoms with E-state index in [1.807, 2.05) is 12.1 Å². The highest BCUT2D eigenvalue weighted by atomic mass is 15.1. The first kappa shape index (κ1) is 14.6. The largest absolute Gasteiger partial charge is 0.399 e. The first-order valence-electron chi connectivity index (χ1n) is 6.83. The molecule has 0 spiro atoms. The van der Waals surface area contributed by atoms with Crippen LogP contribution in [-0.4, -0.2) is 26.7 Å². The third kappa shape index (κ3) is 5.27. The molecule has 1 rings (SSSR count). The summed E-state index contributed by atoms with van der Waals surface area (Å²) in [5.41, 5.74) is 14.0. The van der Waals surface area contributed by atoms with Crippen molar-refractivity contribution in [2.75, 3.05) is 43.5 Å². The SMILES string of the molecule is CCCC[NH+](C)CCCNc1ccc(N)cc1N. The quantitative estimate of drug-likeness (QED) is 0.411. The number of nitrogen functional groups attached to an aromatic ring is 2. The maximum Gasteiger partial charge on any atom is 0.0785 e. The predicted octanol–water partition coefficient (Wildman–Crippen LogP) is 0.968. The van der Waals surface area contributed by atoms with Gasteiger partial charge in [0.15, 0.2) is 0 Å². The van der Waals surface area contributed by atoms with Gasteiger partial charge in [0, 0.05) is 18.7 Å². The summed E-state index contributed by atoms with van der Waals surface area (Å²) in [6, 6.07) is 5.61. The zero-order valence-electron chi connectivity index (χ0n) is 11.6. The molecule has 0 saturated heterocycles. The summed E-state index contributed by atoms with van der Waals surface area (Å²) in [4.78, 5) is 1.60. The second-order valence-electron chi connectivity index (χ2n) is 4.94. The van der Waals surface area contributed by atoms with Crippen LogP contribution in [0.25, 0.3) is 0 Å². The molecular weight excluding hydrogens is 224 g/mol. The molecule has 1 atom stereocenters. The first-order valence-corrected chi connectivity index (χ1v) is 6.83. The summed E-state index contributed by atoms with van der Waals surface area (Å²) in [6.07, 6.45) is 3.74. The van der Waals surface area contributed by atoms with Gasteiger partial charge < -0.3 is 21.7 Å². The van der Waals surface area contributed by atoms with E-state index < -0.39 is 0 Å². The maximum absolute atomic E-state index is 5.88. The summed E-state index contributed by atoms with van der Waals surface area (Å²) < 4.78 is 0. The third-order valence-electron chi connectivity index (χ3n) is 3.13. The number of unbranched alkanes of at least 4 members (excludes halogenated alkanes) is 1. The van der Waals surface area contributed by atoms with Crippen molar-refractivity contribution in [3.8, 4) is 0 Å². The minimum atomic E-state index is 0.710. The molecular formula is C14H27N4+. The van der Waals surface area contributed by atoms with Gasteiger partial charge in [-0.15, -0.1) is 0 Å². The van der Waals surface area contributed by atoms with E-state index >= 15 is 0 Å². The molecule has 0 heterocycles. The highest BCUT2D eigenvalue weighted by molar-refractivity contribution is 5.70. The van der Waals surface area contributed by atoms with Gasteiger partial charge in [-0.3, -0.25) is 0 Å². The Morgan fingerprint density at radius 2 is 1.89 bits per heavy atom. The number of hydrogen-bond donors (Lipinski definition) is 4. The zero-order valence-corrected chi connectivity index (χ0v) is 11.6.